The lowest BCUT2D eigenvalue weighted by atomic mass is 10.2. The molecule has 0 aliphatic carbocycles. The Balaban J connectivity index is 1.50. The van der Waals surface area contributed by atoms with Gasteiger partial charge in [-0.3, -0.25) is 5.10 Å². The van der Waals surface area contributed by atoms with Crippen LogP contribution < -0.4 is 24.8 Å². The first-order valence-electron chi connectivity index (χ1n) is 9.93. The lowest BCUT2D eigenvalue weighted by Crippen LogP contribution is -2.03. The zero-order chi connectivity index (χ0) is 22.3. The molecule has 0 spiro atoms. The van der Waals surface area contributed by atoms with Crippen LogP contribution in [0.5, 0.6) is 17.2 Å². The van der Waals surface area contributed by atoms with E-state index in [4.69, 9.17) is 14.2 Å². The fourth-order valence-corrected chi connectivity index (χ4v) is 3.11. The molecule has 0 aliphatic rings. The third-order valence-corrected chi connectivity index (χ3v) is 4.77. The van der Waals surface area contributed by atoms with Gasteiger partial charge < -0.3 is 24.8 Å². The van der Waals surface area contributed by atoms with Crippen LogP contribution in [0.3, 0.4) is 0 Å². The molecule has 0 amide bonds. The summed E-state index contributed by atoms with van der Waals surface area (Å²) in [4.78, 5) is 9.03. The van der Waals surface area contributed by atoms with Crippen molar-refractivity contribution in [3.05, 3.63) is 66.4 Å². The van der Waals surface area contributed by atoms with E-state index in [0.29, 0.717) is 35.6 Å². The quantitative estimate of drug-likeness (QED) is 0.360. The van der Waals surface area contributed by atoms with E-state index in [0.717, 1.165) is 22.6 Å². The second-order valence-corrected chi connectivity index (χ2v) is 6.84. The average molecular weight is 432 g/mol. The summed E-state index contributed by atoms with van der Waals surface area (Å²) in [6, 6.07) is 17.1. The number of methoxy groups -OCH3 is 3. The molecule has 0 saturated heterocycles. The summed E-state index contributed by atoms with van der Waals surface area (Å²) >= 11 is 0. The Kier molecular flexibility index (Phi) is 6.35. The number of hydrogen-bond acceptors (Lipinski definition) is 8. The molecule has 0 unspecified atom stereocenters. The van der Waals surface area contributed by atoms with Gasteiger partial charge in [-0.15, -0.1) is 5.10 Å². The fraction of sp³-hybridized carbons (Fsp3) is 0.174. The Morgan fingerprint density at radius 3 is 2.28 bits per heavy atom. The molecule has 2 aromatic heterocycles. The minimum atomic E-state index is 0.417. The SMILES string of the molecule is COc1ccc(CNc2ncccc2-c2nc(Nc3cc(OC)cc(OC)c3)n[nH]2)cc1. The average Bonchev–Trinajstić information content (AvgIpc) is 3.31. The summed E-state index contributed by atoms with van der Waals surface area (Å²) < 4.78 is 15.8. The van der Waals surface area contributed by atoms with Crippen molar-refractivity contribution in [3.63, 3.8) is 0 Å². The molecule has 2 heterocycles. The van der Waals surface area contributed by atoms with Crippen LogP contribution in [0.15, 0.2) is 60.8 Å². The van der Waals surface area contributed by atoms with Crippen molar-refractivity contribution in [1.29, 1.82) is 0 Å². The summed E-state index contributed by atoms with van der Waals surface area (Å²) in [6.07, 6.45) is 1.73. The van der Waals surface area contributed by atoms with Crippen molar-refractivity contribution in [3.8, 4) is 28.6 Å². The Bertz CT molecular complexity index is 1150. The number of nitrogens with one attached hydrogen (secondary N) is 3. The first kappa shape index (κ1) is 21.0. The molecule has 0 radical (unpaired) electrons. The van der Waals surface area contributed by atoms with Crippen LogP contribution >= 0.6 is 0 Å². The molecule has 4 aromatic rings. The van der Waals surface area contributed by atoms with Crippen LogP contribution in [0.4, 0.5) is 17.5 Å². The van der Waals surface area contributed by atoms with Crippen molar-refractivity contribution in [1.82, 2.24) is 20.2 Å². The number of aromatic amines is 1. The molecule has 0 saturated carbocycles. The van der Waals surface area contributed by atoms with E-state index < -0.39 is 0 Å². The molecule has 9 nitrogen and oxygen atoms in total. The van der Waals surface area contributed by atoms with E-state index in [9.17, 15) is 0 Å². The maximum absolute atomic E-state index is 5.31. The third kappa shape index (κ3) is 4.89. The molecule has 0 bridgehead atoms. The third-order valence-electron chi connectivity index (χ3n) is 4.77. The maximum Gasteiger partial charge on any atom is 0.246 e. The predicted molar refractivity (Wildman–Crippen MR) is 123 cm³/mol. The minimum Gasteiger partial charge on any atom is -0.497 e. The highest BCUT2D eigenvalue weighted by atomic mass is 16.5. The Labute approximate surface area is 185 Å². The van der Waals surface area contributed by atoms with Crippen LogP contribution in [0.25, 0.3) is 11.4 Å². The Morgan fingerprint density at radius 1 is 0.875 bits per heavy atom. The molecule has 0 aliphatic heterocycles. The number of nitrogens with zero attached hydrogens (tertiary/aromatic N) is 3. The van der Waals surface area contributed by atoms with Crippen molar-refractivity contribution in [2.45, 2.75) is 6.54 Å². The number of benzene rings is 2. The van der Waals surface area contributed by atoms with Gasteiger partial charge in [0.15, 0.2) is 5.82 Å². The summed E-state index contributed by atoms with van der Waals surface area (Å²) in [6.45, 7) is 0.608. The van der Waals surface area contributed by atoms with E-state index in [1.807, 2.05) is 48.5 Å². The lowest BCUT2D eigenvalue weighted by molar-refractivity contribution is 0.395. The molecular formula is C23H24N6O3. The normalized spacial score (nSPS) is 10.5. The fourth-order valence-electron chi connectivity index (χ4n) is 3.11. The smallest absolute Gasteiger partial charge is 0.246 e. The van der Waals surface area contributed by atoms with Gasteiger partial charge in [0.1, 0.15) is 23.1 Å². The van der Waals surface area contributed by atoms with Gasteiger partial charge in [-0.25, -0.2) is 4.98 Å². The molecule has 3 N–H and O–H groups in total. The summed E-state index contributed by atoms with van der Waals surface area (Å²) in [5, 5.41) is 13.8. The highest BCUT2D eigenvalue weighted by Gasteiger charge is 2.12. The second kappa shape index (κ2) is 9.69. The molecule has 2 aromatic carbocycles. The number of H-pyrrole nitrogens is 1. The first-order valence-corrected chi connectivity index (χ1v) is 9.93. The van der Waals surface area contributed by atoms with Gasteiger partial charge in [-0.05, 0) is 29.8 Å². The highest BCUT2D eigenvalue weighted by Crippen LogP contribution is 2.29. The standard InChI is InChI=1S/C23H24N6O3/c1-30-17-8-6-15(7-9-17)14-25-21-20(5-4-10-24-21)22-27-23(29-28-22)26-16-11-18(31-2)13-19(12-16)32-3/h4-13H,14H2,1-3H3,(H,24,25)(H2,26,27,28,29). The van der Waals surface area contributed by atoms with Gasteiger partial charge in [-0.1, -0.05) is 12.1 Å². The van der Waals surface area contributed by atoms with Crippen molar-refractivity contribution < 1.29 is 14.2 Å². The van der Waals surface area contributed by atoms with Crippen molar-refractivity contribution >= 4 is 17.5 Å². The molecule has 9 heteroatoms. The molecule has 32 heavy (non-hydrogen) atoms. The van der Waals surface area contributed by atoms with Crippen LogP contribution in [-0.2, 0) is 6.54 Å². The van der Waals surface area contributed by atoms with E-state index in [-0.39, 0.29) is 0 Å². The second-order valence-electron chi connectivity index (χ2n) is 6.84. The topological polar surface area (TPSA) is 106 Å². The van der Waals surface area contributed by atoms with Crippen LogP contribution in [0.1, 0.15) is 5.56 Å². The number of rotatable bonds is 9. The lowest BCUT2D eigenvalue weighted by Gasteiger charge is -2.10. The van der Waals surface area contributed by atoms with Crippen LogP contribution in [0.2, 0.25) is 0 Å². The van der Waals surface area contributed by atoms with Gasteiger partial charge in [-0.2, -0.15) is 4.98 Å². The number of aromatic nitrogens is 4. The van der Waals surface area contributed by atoms with E-state index in [1.165, 1.54) is 0 Å². The van der Waals surface area contributed by atoms with Gasteiger partial charge >= 0.3 is 0 Å². The zero-order valence-corrected chi connectivity index (χ0v) is 18.0. The van der Waals surface area contributed by atoms with E-state index in [2.05, 4.69) is 30.8 Å². The van der Waals surface area contributed by atoms with Gasteiger partial charge in [0, 0.05) is 36.6 Å². The Hall–Kier alpha value is -4.27. The maximum atomic E-state index is 5.31. The number of hydrogen-bond donors (Lipinski definition) is 3. The largest absolute Gasteiger partial charge is 0.497 e. The molecule has 164 valence electrons. The summed E-state index contributed by atoms with van der Waals surface area (Å²) in [7, 11) is 4.86. The van der Waals surface area contributed by atoms with Gasteiger partial charge in [0.25, 0.3) is 0 Å². The number of ether oxygens (including phenoxy) is 3. The van der Waals surface area contributed by atoms with Crippen molar-refractivity contribution in [2.24, 2.45) is 0 Å². The first-order chi connectivity index (χ1) is 15.7. The molecular weight excluding hydrogens is 408 g/mol. The molecule has 0 atom stereocenters. The van der Waals surface area contributed by atoms with E-state index in [1.54, 1.807) is 33.6 Å². The van der Waals surface area contributed by atoms with E-state index >= 15 is 0 Å². The summed E-state index contributed by atoms with van der Waals surface area (Å²) in [5.74, 6) is 3.87. The Morgan fingerprint density at radius 2 is 1.59 bits per heavy atom. The van der Waals surface area contributed by atoms with Crippen LogP contribution in [-0.4, -0.2) is 41.5 Å². The minimum absolute atomic E-state index is 0.417. The summed E-state index contributed by atoms with van der Waals surface area (Å²) in [5.41, 5.74) is 2.66. The van der Waals surface area contributed by atoms with Crippen molar-refractivity contribution in [2.75, 3.05) is 32.0 Å². The van der Waals surface area contributed by atoms with Crippen LogP contribution in [0, 0.1) is 0 Å². The van der Waals surface area contributed by atoms with Gasteiger partial charge in [0.2, 0.25) is 5.95 Å². The molecule has 4 rings (SSSR count). The number of pyridine rings is 1. The monoisotopic (exact) mass is 432 g/mol. The predicted octanol–water partition coefficient (Wildman–Crippen LogP) is 4.25. The zero-order valence-electron chi connectivity index (χ0n) is 18.0. The number of anilines is 3. The molecule has 0 fully saturated rings. The van der Waals surface area contributed by atoms with Gasteiger partial charge in [0.05, 0.1) is 26.9 Å². The highest BCUT2D eigenvalue weighted by molar-refractivity contribution is 5.71.